The van der Waals surface area contributed by atoms with Crippen molar-refractivity contribution in [2.24, 2.45) is 0 Å². The highest BCUT2D eigenvalue weighted by Gasteiger charge is 2.23. The molecular formula is C23H21BrN4. The molecule has 1 aliphatic carbocycles. The van der Waals surface area contributed by atoms with Crippen molar-refractivity contribution < 1.29 is 0 Å². The van der Waals surface area contributed by atoms with Gasteiger partial charge in [-0.3, -0.25) is 0 Å². The third-order valence-electron chi connectivity index (χ3n) is 5.42. The molecule has 0 radical (unpaired) electrons. The van der Waals surface area contributed by atoms with E-state index in [1.165, 1.54) is 35.0 Å². The van der Waals surface area contributed by atoms with E-state index >= 15 is 0 Å². The van der Waals surface area contributed by atoms with Crippen molar-refractivity contribution in [2.75, 3.05) is 5.32 Å². The van der Waals surface area contributed by atoms with E-state index < -0.39 is 0 Å². The number of nitrogens with one attached hydrogen (secondary N) is 1. The Balaban J connectivity index is 1.65. The van der Waals surface area contributed by atoms with Crippen LogP contribution in [0.2, 0.25) is 0 Å². The van der Waals surface area contributed by atoms with E-state index in [-0.39, 0.29) is 0 Å². The predicted octanol–water partition coefficient (Wildman–Crippen LogP) is 5.86. The number of halogens is 1. The Morgan fingerprint density at radius 2 is 1.82 bits per heavy atom. The molecule has 2 heterocycles. The van der Waals surface area contributed by atoms with Gasteiger partial charge in [-0.2, -0.15) is 0 Å². The molecule has 1 N–H and O–H groups in total. The van der Waals surface area contributed by atoms with Gasteiger partial charge >= 0.3 is 0 Å². The smallest absolute Gasteiger partial charge is 0.146 e. The van der Waals surface area contributed by atoms with E-state index in [2.05, 4.69) is 73.3 Å². The third kappa shape index (κ3) is 3.20. The number of aryl methyl sites for hydroxylation is 1. The second-order valence-corrected chi connectivity index (χ2v) is 8.18. The zero-order chi connectivity index (χ0) is 18.9. The summed E-state index contributed by atoms with van der Waals surface area (Å²) in [5.41, 5.74) is 6.18. The molecule has 0 fully saturated rings. The number of benzene rings is 2. The Bertz CT molecular complexity index is 1130. The van der Waals surface area contributed by atoms with Crippen LogP contribution in [0.15, 0.2) is 65.4 Å². The fourth-order valence-corrected chi connectivity index (χ4v) is 4.58. The molecule has 0 saturated heterocycles. The fourth-order valence-electron chi connectivity index (χ4n) is 4.18. The average Bonchev–Trinajstić information content (AvgIpc) is 3.04. The highest BCUT2D eigenvalue weighted by molar-refractivity contribution is 9.10. The first-order chi connectivity index (χ1) is 13.8. The molecule has 5 rings (SSSR count). The van der Waals surface area contributed by atoms with Crippen LogP contribution < -0.4 is 5.32 Å². The summed E-state index contributed by atoms with van der Waals surface area (Å²) in [6.45, 7) is 0.847. The molecule has 0 bridgehead atoms. The van der Waals surface area contributed by atoms with Crippen LogP contribution in [-0.2, 0) is 19.4 Å². The second kappa shape index (κ2) is 7.40. The number of hydrogen-bond donors (Lipinski definition) is 1. The lowest BCUT2D eigenvalue weighted by Crippen LogP contribution is -2.09. The molecule has 0 atom stereocenters. The van der Waals surface area contributed by atoms with Crippen LogP contribution in [0.1, 0.15) is 29.7 Å². The van der Waals surface area contributed by atoms with Gasteiger partial charge in [0.15, 0.2) is 0 Å². The normalized spacial score (nSPS) is 13.5. The molecule has 0 amide bonds. The van der Waals surface area contributed by atoms with Crippen LogP contribution in [0.3, 0.4) is 0 Å². The van der Waals surface area contributed by atoms with Gasteiger partial charge in [0, 0.05) is 22.4 Å². The van der Waals surface area contributed by atoms with E-state index in [1.807, 2.05) is 12.1 Å². The van der Waals surface area contributed by atoms with Crippen molar-refractivity contribution in [3.63, 3.8) is 0 Å². The highest BCUT2D eigenvalue weighted by atomic mass is 79.9. The maximum Gasteiger partial charge on any atom is 0.146 e. The maximum atomic E-state index is 4.70. The lowest BCUT2D eigenvalue weighted by molar-refractivity contribution is 0.636. The lowest BCUT2D eigenvalue weighted by atomic mass is 9.96. The number of nitrogens with zero attached hydrogens (tertiary/aromatic N) is 3. The van der Waals surface area contributed by atoms with E-state index in [0.717, 1.165) is 41.0 Å². The lowest BCUT2D eigenvalue weighted by Gasteiger charge is -2.15. The molecule has 4 aromatic rings. The number of aromatic nitrogens is 3. The summed E-state index contributed by atoms with van der Waals surface area (Å²) in [4.78, 5) is 9.31. The Labute approximate surface area is 172 Å². The molecule has 0 saturated carbocycles. The van der Waals surface area contributed by atoms with Gasteiger partial charge in [-0.15, -0.1) is 0 Å². The third-order valence-corrected chi connectivity index (χ3v) is 5.91. The summed E-state index contributed by atoms with van der Waals surface area (Å²) in [5.74, 6) is 0.896. The van der Waals surface area contributed by atoms with Gasteiger partial charge in [0.05, 0.1) is 5.39 Å². The topological polar surface area (TPSA) is 42.7 Å². The van der Waals surface area contributed by atoms with Crippen molar-refractivity contribution >= 4 is 38.5 Å². The molecule has 0 spiro atoms. The molecule has 2 aromatic carbocycles. The van der Waals surface area contributed by atoms with Gasteiger partial charge in [0.25, 0.3) is 0 Å². The molecule has 0 aliphatic heterocycles. The molecule has 28 heavy (non-hydrogen) atoms. The van der Waals surface area contributed by atoms with Gasteiger partial charge in [-0.1, -0.05) is 52.3 Å². The molecule has 140 valence electrons. The minimum atomic E-state index is 0.847. The Morgan fingerprint density at radius 3 is 2.68 bits per heavy atom. The van der Waals surface area contributed by atoms with Crippen LogP contribution in [0, 0.1) is 0 Å². The number of hydrogen-bond acceptors (Lipinski definition) is 3. The molecule has 4 nitrogen and oxygen atoms in total. The van der Waals surface area contributed by atoms with E-state index in [0.29, 0.717) is 0 Å². The van der Waals surface area contributed by atoms with Gasteiger partial charge in [0.2, 0.25) is 0 Å². The molecular weight excluding hydrogens is 412 g/mol. The predicted molar refractivity (Wildman–Crippen MR) is 117 cm³/mol. The average molecular weight is 433 g/mol. The summed E-state index contributed by atoms with van der Waals surface area (Å²) >= 11 is 3.55. The summed E-state index contributed by atoms with van der Waals surface area (Å²) < 4.78 is 3.44. The van der Waals surface area contributed by atoms with Gasteiger partial charge in [-0.25, -0.2) is 9.97 Å². The maximum absolute atomic E-state index is 4.70. The quantitative estimate of drug-likeness (QED) is 0.438. The zero-order valence-corrected chi connectivity index (χ0v) is 17.1. The Kier molecular flexibility index (Phi) is 4.61. The second-order valence-electron chi connectivity index (χ2n) is 7.26. The number of fused-ring (bicyclic) bond motifs is 3. The molecule has 0 unspecified atom stereocenters. The molecule has 2 aromatic heterocycles. The van der Waals surface area contributed by atoms with Crippen LogP contribution in [-0.4, -0.2) is 14.5 Å². The van der Waals surface area contributed by atoms with E-state index in [9.17, 15) is 0 Å². The van der Waals surface area contributed by atoms with Gasteiger partial charge in [0.1, 0.15) is 17.8 Å². The zero-order valence-electron chi connectivity index (χ0n) is 15.5. The van der Waals surface area contributed by atoms with Crippen LogP contribution in [0.25, 0.3) is 11.0 Å². The monoisotopic (exact) mass is 432 g/mol. The van der Waals surface area contributed by atoms with Crippen molar-refractivity contribution in [3.8, 4) is 0 Å². The summed E-state index contributed by atoms with van der Waals surface area (Å²) in [6.07, 6.45) is 6.33. The standard InChI is InChI=1S/C23H21BrN4/c24-17-9-6-10-18(13-17)27-22-21-19-11-4-5-12-20(19)28(23(21)26-15-25-22)14-16-7-2-1-3-8-16/h1-3,6-10,13,15H,4-5,11-12,14H2,(H,25,26,27). The van der Waals surface area contributed by atoms with Crippen molar-refractivity contribution in [1.82, 2.24) is 14.5 Å². The summed E-state index contributed by atoms with van der Waals surface area (Å²) in [7, 11) is 0. The van der Waals surface area contributed by atoms with Crippen molar-refractivity contribution in [3.05, 3.63) is 82.2 Å². The fraction of sp³-hybridized carbons (Fsp3) is 0.217. The van der Waals surface area contributed by atoms with Crippen molar-refractivity contribution in [1.29, 1.82) is 0 Å². The van der Waals surface area contributed by atoms with Crippen LogP contribution in [0.4, 0.5) is 11.5 Å². The highest BCUT2D eigenvalue weighted by Crippen LogP contribution is 2.36. The minimum absolute atomic E-state index is 0.847. The van der Waals surface area contributed by atoms with Gasteiger partial charge < -0.3 is 9.88 Å². The Morgan fingerprint density at radius 1 is 0.964 bits per heavy atom. The molecule has 1 aliphatic rings. The first-order valence-corrected chi connectivity index (χ1v) is 10.5. The minimum Gasteiger partial charge on any atom is -0.340 e. The van der Waals surface area contributed by atoms with Crippen molar-refractivity contribution in [2.45, 2.75) is 32.2 Å². The van der Waals surface area contributed by atoms with Gasteiger partial charge in [-0.05, 0) is 55.0 Å². The van der Waals surface area contributed by atoms with E-state index in [4.69, 9.17) is 4.98 Å². The van der Waals surface area contributed by atoms with E-state index in [1.54, 1.807) is 6.33 Å². The largest absolute Gasteiger partial charge is 0.340 e. The number of rotatable bonds is 4. The van der Waals surface area contributed by atoms with Crippen LogP contribution >= 0.6 is 15.9 Å². The SMILES string of the molecule is Brc1cccc(Nc2ncnc3c2c2c(n3Cc3ccccc3)CCCC2)c1. The van der Waals surface area contributed by atoms with Crippen LogP contribution in [0.5, 0.6) is 0 Å². The Hall–Kier alpha value is -2.66. The summed E-state index contributed by atoms with van der Waals surface area (Å²) in [5, 5.41) is 4.69. The first-order valence-electron chi connectivity index (χ1n) is 9.71. The first kappa shape index (κ1) is 17.4. The molecule has 5 heteroatoms. The number of anilines is 2. The summed E-state index contributed by atoms with van der Waals surface area (Å²) in [6, 6.07) is 18.8.